The number of ether oxygens (including phenoxy) is 1. The van der Waals surface area contributed by atoms with Gasteiger partial charge in [-0.15, -0.1) is 0 Å². The van der Waals surface area contributed by atoms with Crippen molar-refractivity contribution >= 4 is 16.0 Å². The Kier molecular flexibility index (Phi) is 6.33. The van der Waals surface area contributed by atoms with Crippen LogP contribution in [0, 0.1) is 0 Å². The fraction of sp³-hybridized carbons (Fsp3) is 0.316. The molecule has 0 aliphatic rings. The third-order valence-corrected chi connectivity index (χ3v) is 5.40. The summed E-state index contributed by atoms with van der Waals surface area (Å²) in [5.74, 6) is -0.595. The number of nitrogens with one attached hydrogen (secondary N) is 1. The van der Waals surface area contributed by atoms with E-state index in [1.165, 1.54) is 12.7 Å². The van der Waals surface area contributed by atoms with Gasteiger partial charge < -0.3 is 4.74 Å². The Morgan fingerprint density at radius 2 is 1.60 bits per heavy atom. The van der Waals surface area contributed by atoms with Gasteiger partial charge in [-0.25, -0.2) is 17.9 Å². The number of hydrogen-bond donors (Lipinski definition) is 1. The summed E-state index contributed by atoms with van der Waals surface area (Å²) < 4.78 is 32.1. The summed E-state index contributed by atoms with van der Waals surface area (Å²) in [6, 6.07) is 13.9. The lowest BCUT2D eigenvalue weighted by atomic mass is 10.1. The lowest BCUT2D eigenvalue weighted by Gasteiger charge is -2.15. The molecule has 0 aromatic heterocycles. The van der Waals surface area contributed by atoms with Gasteiger partial charge in [-0.05, 0) is 42.2 Å². The van der Waals surface area contributed by atoms with Crippen LogP contribution in [-0.2, 0) is 26.9 Å². The number of hydrogen-bond acceptors (Lipinski definition) is 4. The van der Waals surface area contributed by atoms with Crippen molar-refractivity contribution in [2.75, 3.05) is 7.11 Å². The average Bonchev–Trinajstić information content (AvgIpc) is 2.61. The second kappa shape index (κ2) is 8.27. The highest BCUT2D eigenvalue weighted by Crippen LogP contribution is 2.16. The minimum atomic E-state index is -3.50. The van der Waals surface area contributed by atoms with Crippen molar-refractivity contribution in [2.24, 2.45) is 0 Å². The van der Waals surface area contributed by atoms with Gasteiger partial charge in [0.15, 0.2) is 0 Å². The fourth-order valence-electron chi connectivity index (χ4n) is 2.50. The highest BCUT2D eigenvalue weighted by Gasteiger charge is 2.17. The van der Waals surface area contributed by atoms with Gasteiger partial charge in [0, 0.05) is 6.04 Å². The van der Waals surface area contributed by atoms with E-state index >= 15 is 0 Å². The lowest BCUT2D eigenvalue weighted by molar-refractivity contribution is 0.0600. The van der Waals surface area contributed by atoms with Crippen molar-refractivity contribution in [1.82, 2.24) is 4.72 Å². The van der Waals surface area contributed by atoms with Gasteiger partial charge in [0.05, 0.1) is 18.4 Å². The largest absolute Gasteiger partial charge is 0.465 e. The third-order valence-electron chi connectivity index (χ3n) is 3.98. The van der Waals surface area contributed by atoms with Crippen LogP contribution in [0.15, 0.2) is 48.5 Å². The van der Waals surface area contributed by atoms with Crippen LogP contribution in [-0.4, -0.2) is 21.5 Å². The molecule has 0 fully saturated rings. The second-order valence-corrected chi connectivity index (χ2v) is 7.64. The predicted molar refractivity (Wildman–Crippen MR) is 97.8 cm³/mol. The quantitative estimate of drug-likeness (QED) is 0.769. The molecule has 5 nitrogen and oxygen atoms in total. The van der Waals surface area contributed by atoms with Crippen molar-refractivity contribution in [3.8, 4) is 0 Å². The monoisotopic (exact) mass is 361 g/mol. The molecule has 2 aromatic carbocycles. The highest BCUT2D eigenvalue weighted by molar-refractivity contribution is 7.88. The topological polar surface area (TPSA) is 72.5 Å². The zero-order valence-corrected chi connectivity index (χ0v) is 15.5. The molecule has 0 saturated heterocycles. The van der Waals surface area contributed by atoms with Crippen molar-refractivity contribution in [2.45, 2.75) is 32.1 Å². The molecule has 0 bridgehead atoms. The molecular weight excluding hydrogens is 338 g/mol. The molecule has 25 heavy (non-hydrogen) atoms. The van der Waals surface area contributed by atoms with E-state index < -0.39 is 16.0 Å². The number of esters is 1. The van der Waals surface area contributed by atoms with E-state index in [4.69, 9.17) is 0 Å². The van der Waals surface area contributed by atoms with E-state index in [9.17, 15) is 13.2 Å². The van der Waals surface area contributed by atoms with E-state index in [0.29, 0.717) is 11.1 Å². The highest BCUT2D eigenvalue weighted by atomic mass is 32.2. The Labute approximate surface area is 149 Å². The van der Waals surface area contributed by atoms with E-state index in [2.05, 4.69) is 16.4 Å². The van der Waals surface area contributed by atoms with Gasteiger partial charge in [-0.3, -0.25) is 0 Å². The molecule has 1 unspecified atom stereocenters. The zero-order chi connectivity index (χ0) is 18.4. The van der Waals surface area contributed by atoms with Crippen LogP contribution in [0.1, 0.15) is 46.9 Å². The Bertz CT molecular complexity index is 812. The van der Waals surface area contributed by atoms with Gasteiger partial charge in [0.1, 0.15) is 0 Å². The number of methoxy groups -OCH3 is 1. The van der Waals surface area contributed by atoms with Crippen LogP contribution < -0.4 is 4.72 Å². The molecule has 2 aromatic rings. The molecule has 2 rings (SSSR count). The Hall–Kier alpha value is -2.18. The second-order valence-electron chi connectivity index (χ2n) is 5.88. The molecule has 0 saturated carbocycles. The number of sulfonamides is 1. The van der Waals surface area contributed by atoms with Gasteiger partial charge in [0.25, 0.3) is 0 Å². The SMILES string of the molecule is CCc1ccc(C(C)NS(=O)(=O)Cc2ccc(C(=O)OC)cc2)cc1. The van der Waals surface area contributed by atoms with Crippen LogP contribution in [0.3, 0.4) is 0 Å². The van der Waals surface area contributed by atoms with Crippen LogP contribution in [0.2, 0.25) is 0 Å². The Morgan fingerprint density at radius 3 is 2.12 bits per heavy atom. The maximum absolute atomic E-state index is 12.4. The maximum atomic E-state index is 12.4. The number of benzene rings is 2. The van der Waals surface area contributed by atoms with Crippen molar-refractivity contribution in [3.05, 3.63) is 70.8 Å². The number of carbonyl (C=O) groups excluding carboxylic acids is 1. The minimum Gasteiger partial charge on any atom is -0.465 e. The maximum Gasteiger partial charge on any atom is 0.337 e. The molecular formula is C19H23NO4S. The first-order valence-electron chi connectivity index (χ1n) is 8.10. The molecule has 1 atom stereocenters. The molecule has 0 amide bonds. The summed E-state index contributed by atoms with van der Waals surface area (Å²) >= 11 is 0. The summed E-state index contributed by atoms with van der Waals surface area (Å²) in [6.45, 7) is 3.89. The summed E-state index contributed by atoms with van der Waals surface area (Å²) in [5, 5.41) is 0. The number of rotatable bonds is 7. The predicted octanol–water partition coefficient (Wildman–Crippen LogP) is 3.22. The summed E-state index contributed by atoms with van der Waals surface area (Å²) in [4.78, 5) is 11.4. The first kappa shape index (κ1) is 19.1. The van der Waals surface area contributed by atoms with Crippen molar-refractivity contribution in [3.63, 3.8) is 0 Å². The van der Waals surface area contributed by atoms with E-state index in [0.717, 1.165) is 12.0 Å². The average molecular weight is 361 g/mol. The number of carbonyl (C=O) groups is 1. The standard InChI is InChI=1S/C19H23NO4S/c1-4-15-5-9-17(10-6-15)14(2)20-25(22,23)13-16-7-11-18(12-8-16)19(21)24-3/h5-12,14,20H,4,13H2,1-3H3. The van der Waals surface area contributed by atoms with Gasteiger partial charge in [0.2, 0.25) is 10.0 Å². The smallest absolute Gasteiger partial charge is 0.337 e. The molecule has 1 N–H and O–H groups in total. The van der Waals surface area contributed by atoms with E-state index in [1.807, 2.05) is 31.2 Å². The third kappa shape index (κ3) is 5.41. The molecule has 6 heteroatoms. The van der Waals surface area contributed by atoms with E-state index in [-0.39, 0.29) is 11.8 Å². The summed E-state index contributed by atoms with van der Waals surface area (Å²) in [6.07, 6.45) is 0.946. The first-order chi connectivity index (χ1) is 11.8. The normalized spacial score (nSPS) is 12.6. The zero-order valence-electron chi connectivity index (χ0n) is 14.7. The lowest BCUT2D eigenvalue weighted by Crippen LogP contribution is -2.28. The fourth-order valence-corrected chi connectivity index (χ4v) is 3.88. The van der Waals surface area contributed by atoms with Gasteiger partial charge in [-0.2, -0.15) is 0 Å². The van der Waals surface area contributed by atoms with Crippen LogP contribution in [0.4, 0.5) is 0 Å². The van der Waals surface area contributed by atoms with Crippen molar-refractivity contribution in [1.29, 1.82) is 0 Å². The summed E-state index contributed by atoms with van der Waals surface area (Å²) in [7, 11) is -2.20. The Morgan fingerprint density at radius 1 is 1.04 bits per heavy atom. The van der Waals surface area contributed by atoms with Crippen LogP contribution in [0.5, 0.6) is 0 Å². The van der Waals surface area contributed by atoms with Crippen LogP contribution in [0.25, 0.3) is 0 Å². The molecule has 0 heterocycles. The van der Waals surface area contributed by atoms with Gasteiger partial charge >= 0.3 is 5.97 Å². The van der Waals surface area contributed by atoms with Gasteiger partial charge in [-0.1, -0.05) is 43.3 Å². The number of aryl methyl sites for hydroxylation is 1. The summed E-state index contributed by atoms with van der Waals surface area (Å²) in [5.41, 5.74) is 3.13. The molecule has 134 valence electrons. The van der Waals surface area contributed by atoms with E-state index in [1.54, 1.807) is 24.3 Å². The van der Waals surface area contributed by atoms with Crippen molar-refractivity contribution < 1.29 is 17.9 Å². The minimum absolute atomic E-state index is 0.147. The van der Waals surface area contributed by atoms with Crippen LogP contribution >= 0.6 is 0 Å². The molecule has 0 aliphatic carbocycles. The molecule has 0 radical (unpaired) electrons. The first-order valence-corrected chi connectivity index (χ1v) is 9.76. The molecule has 0 spiro atoms. The molecule has 0 aliphatic heterocycles. The Balaban J connectivity index is 2.04.